The van der Waals surface area contributed by atoms with Gasteiger partial charge >= 0.3 is 5.97 Å². The Balaban J connectivity index is 1.71. The van der Waals surface area contributed by atoms with Gasteiger partial charge in [-0.3, -0.25) is 19.7 Å². The van der Waals surface area contributed by atoms with Crippen LogP contribution in [0.25, 0.3) is 0 Å². The number of hydrogen-bond acceptors (Lipinski definition) is 6. The molecule has 0 unspecified atom stereocenters. The number of non-ortho nitro benzene ring substituents is 1. The van der Waals surface area contributed by atoms with E-state index >= 15 is 0 Å². The molecule has 3 rings (SSSR count). The predicted molar refractivity (Wildman–Crippen MR) is 116 cm³/mol. The van der Waals surface area contributed by atoms with Gasteiger partial charge in [0.05, 0.1) is 29.7 Å². The molecule has 1 heterocycles. The number of rotatable bonds is 7. The molecule has 0 radical (unpaired) electrons. The lowest BCUT2D eigenvalue weighted by molar-refractivity contribution is -0.384. The maximum atomic E-state index is 12.7. The van der Waals surface area contributed by atoms with Crippen molar-refractivity contribution < 1.29 is 24.0 Å². The van der Waals surface area contributed by atoms with E-state index in [1.165, 1.54) is 30.2 Å². The maximum absolute atomic E-state index is 12.7. The zero-order valence-corrected chi connectivity index (χ0v) is 18.1. The molecule has 8 heteroatoms. The van der Waals surface area contributed by atoms with Gasteiger partial charge in [-0.15, -0.1) is 0 Å². The number of nitro groups is 1. The fourth-order valence-electron chi connectivity index (χ4n) is 3.48. The molecule has 0 N–H and O–H groups in total. The van der Waals surface area contributed by atoms with Gasteiger partial charge in [-0.2, -0.15) is 0 Å². The second-order valence-corrected chi connectivity index (χ2v) is 8.20. The monoisotopic (exact) mass is 426 g/mol. The summed E-state index contributed by atoms with van der Waals surface area (Å²) in [6.07, 6.45) is 0.984. The molecule has 1 aliphatic rings. The van der Waals surface area contributed by atoms with E-state index in [4.69, 9.17) is 9.47 Å². The van der Waals surface area contributed by atoms with Crippen molar-refractivity contribution in [3.8, 4) is 11.5 Å². The first-order chi connectivity index (χ1) is 14.7. The third kappa shape index (κ3) is 4.68. The van der Waals surface area contributed by atoms with Gasteiger partial charge in [0.25, 0.3) is 5.69 Å². The summed E-state index contributed by atoms with van der Waals surface area (Å²) in [4.78, 5) is 37.0. The largest absolute Gasteiger partial charge is 0.494 e. The lowest BCUT2D eigenvalue weighted by atomic mass is 9.82. The lowest BCUT2D eigenvalue weighted by Gasteiger charge is -2.23. The minimum Gasteiger partial charge on any atom is -0.494 e. The molecule has 164 valence electrons. The predicted octanol–water partition coefficient (Wildman–Crippen LogP) is 4.25. The number of amides is 1. The SMILES string of the molecule is CCC(C)(C)c1ccc(OC(=O)[C@H]2CC(=O)N(c3ccc([N+](=O)[O-])cc3OC)C2)cc1. The van der Waals surface area contributed by atoms with E-state index in [9.17, 15) is 19.7 Å². The van der Waals surface area contributed by atoms with Crippen LogP contribution in [0.2, 0.25) is 0 Å². The van der Waals surface area contributed by atoms with Crippen molar-refractivity contribution in [1.82, 2.24) is 0 Å². The first kappa shape index (κ1) is 22.3. The minimum absolute atomic E-state index is 0.0000748. The van der Waals surface area contributed by atoms with Gasteiger partial charge in [0.1, 0.15) is 11.5 Å². The highest BCUT2D eigenvalue weighted by molar-refractivity contribution is 6.00. The Kier molecular flexibility index (Phi) is 6.29. The van der Waals surface area contributed by atoms with Crippen molar-refractivity contribution in [2.75, 3.05) is 18.6 Å². The van der Waals surface area contributed by atoms with Crippen LogP contribution in [0.5, 0.6) is 11.5 Å². The Morgan fingerprint density at radius 2 is 1.90 bits per heavy atom. The van der Waals surface area contributed by atoms with Crippen LogP contribution in [-0.2, 0) is 15.0 Å². The van der Waals surface area contributed by atoms with E-state index in [0.717, 1.165) is 12.0 Å². The van der Waals surface area contributed by atoms with E-state index in [1.54, 1.807) is 12.1 Å². The Morgan fingerprint density at radius 3 is 2.48 bits per heavy atom. The van der Waals surface area contributed by atoms with Crippen molar-refractivity contribution in [2.24, 2.45) is 5.92 Å². The highest BCUT2D eigenvalue weighted by atomic mass is 16.6. The third-order valence-electron chi connectivity index (χ3n) is 5.86. The fourth-order valence-corrected chi connectivity index (χ4v) is 3.48. The van der Waals surface area contributed by atoms with Crippen LogP contribution in [0.15, 0.2) is 42.5 Å². The molecule has 1 fully saturated rings. The summed E-state index contributed by atoms with van der Waals surface area (Å²) in [6, 6.07) is 11.4. The quantitative estimate of drug-likeness (QED) is 0.284. The summed E-state index contributed by atoms with van der Waals surface area (Å²) in [7, 11) is 1.37. The molecule has 31 heavy (non-hydrogen) atoms. The number of carbonyl (C=O) groups excluding carboxylic acids is 2. The van der Waals surface area contributed by atoms with E-state index < -0.39 is 16.8 Å². The number of anilines is 1. The topological polar surface area (TPSA) is 99.0 Å². The van der Waals surface area contributed by atoms with Crippen molar-refractivity contribution >= 4 is 23.3 Å². The number of esters is 1. The molecule has 0 aliphatic carbocycles. The fraction of sp³-hybridized carbons (Fsp3) is 0.391. The highest BCUT2D eigenvalue weighted by Gasteiger charge is 2.38. The standard InChI is InChI=1S/C23H26N2O6/c1-5-23(2,3)16-6-9-18(10-7-16)31-22(27)15-12-21(26)24(14-15)19-11-8-17(25(28)29)13-20(19)30-4/h6-11,13,15H,5,12,14H2,1-4H3/t15-/m0/s1. The molecule has 0 saturated carbocycles. The molecular formula is C23H26N2O6. The van der Waals surface area contributed by atoms with Crippen LogP contribution in [-0.4, -0.2) is 30.5 Å². The summed E-state index contributed by atoms with van der Waals surface area (Å²) in [5, 5.41) is 11.0. The van der Waals surface area contributed by atoms with Crippen LogP contribution >= 0.6 is 0 Å². The maximum Gasteiger partial charge on any atom is 0.316 e. The number of nitro benzene ring substituents is 1. The van der Waals surface area contributed by atoms with Gasteiger partial charge in [0, 0.05) is 19.0 Å². The number of ether oxygens (including phenoxy) is 2. The first-order valence-corrected chi connectivity index (χ1v) is 10.1. The molecule has 1 saturated heterocycles. The van der Waals surface area contributed by atoms with E-state index in [-0.39, 0.29) is 35.7 Å². The zero-order chi connectivity index (χ0) is 22.8. The zero-order valence-electron chi connectivity index (χ0n) is 18.1. The number of carbonyl (C=O) groups is 2. The number of nitrogens with zero attached hydrogens (tertiary/aromatic N) is 2. The van der Waals surface area contributed by atoms with E-state index in [1.807, 2.05) is 12.1 Å². The van der Waals surface area contributed by atoms with Crippen molar-refractivity contribution in [2.45, 2.75) is 39.0 Å². The van der Waals surface area contributed by atoms with Gasteiger partial charge in [-0.1, -0.05) is 32.9 Å². The molecule has 1 aliphatic heterocycles. The molecule has 2 aromatic rings. The Labute approximate surface area is 180 Å². The van der Waals surface area contributed by atoms with Crippen LogP contribution in [0, 0.1) is 16.0 Å². The second kappa shape index (κ2) is 8.75. The normalized spacial score (nSPS) is 16.3. The Morgan fingerprint density at radius 1 is 1.23 bits per heavy atom. The summed E-state index contributed by atoms with van der Waals surface area (Å²) < 4.78 is 10.7. The third-order valence-corrected chi connectivity index (χ3v) is 5.86. The Hall–Kier alpha value is -3.42. The van der Waals surface area contributed by atoms with Crippen LogP contribution in [0.4, 0.5) is 11.4 Å². The van der Waals surface area contributed by atoms with E-state index in [0.29, 0.717) is 11.4 Å². The summed E-state index contributed by atoms with van der Waals surface area (Å²) >= 11 is 0. The number of benzene rings is 2. The molecule has 1 amide bonds. The molecular weight excluding hydrogens is 400 g/mol. The van der Waals surface area contributed by atoms with Gasteiger partial charge in [0.15, 0.2) is 0 Å². The van der Waals surface area contributed by atoms with Crippen molar-refractivity contribution in [1.29, 1.82) is 0 Å². The first-order valence-electron chi connectivity index (χ1n) is 10.1. The van der Waals surface area contributed by atoms with Gasteiger partial charge in [0.2, 0.25) is 5.91 Å². The average molecular weight is 426 g/mol. The Bertz CT molecular complexity index is 1000. The molecule has 8 nitrogen and oxygen atoms in total. The average Bonchev–Trinajstić information content (AvgIpc) is 3.15. The van der Waals surface area contributed by atoms with Crippen LogP contribution in [0.1, 0.15) is 39.2 Å². The lowest BCUT2D eigenvalue weighted by Crippen LogP contribution is -2.27. The number of methoxy groups -OCH3 is 1. The molecule has 0 aromatic heterocycles. The van der Waals surface area contributed by atoms with Gasteiger partial charge in [-0.05, 0) is 35.6 Å². The van der Waals surface area contributed by atoms with Gasteiger partial charge < -0.3 is 14.4 Å². The minimum atomic E-state index is -0.640. The van der Waals surface area contributed by atoms with E-state index in [2.05, 4.69) is 20.8 Å². The molecule has 0 spiro atoms. The van der Waals surface area contributed by atoms with Crippen LogP contribution in [0.3, 0.4) is 0 Å². The summed E-state index contributed by atoms with van der Waals surface area (Å²) in [5.41, 5.74) is 1.43. The smallest absolute Gasteiger partial charge is 0.316 e. The summed E-state index contributed by atoms with van der Waals surface area (Å²) in [6.45, 7) is 6.54. The van der Waals surface area contributed by atoms with Crippen molar-refractivity contribution in [3.63, 3.8) is 0 Å². The molecule has 0 bridgehead atoms. The van der Waals surface area contributed by atoms with Crippen LogP contribution < -0.4 is 14.4 Å². The highest BCUT2D eigenvalue weighted by Crippen LogP contribution is 2.36. The van der Waals surface area contributed by atoms with Gasteiger partial charge in [-0.25, -0.2) is 0 Å². The van der Waals surface area contributed by atoms with Crippen molar-refractivity contribution in [3.05, 3.63) is 58.1 Å². The number of hydrogen-bond donors (Lipinski definition) is 0. The molecule has 1 atom stereocenters. The summed E-state index contributed by atoms with van der Waals surface area (Å²) in [5.74, 6) is -0.766. The second-order valence-electron chi connectivity index (χ2n) is 8.20. The molecule has 2 aromatic carbocycles.